The highest BCUT2D eigenvalue weighted by Gasteiger charge is 2.54. The molecule has 0 spiro atoms. The van der Waals surface area contributed by atoms with Gasteiger partial charge in [0.2, 0.25) is 11.2 Å². The second-order valence-corrected chi connectivity index (χ2v) is 8.23. The maximum Gasteiger partial charge on any atom is 0.352 e. The molecule has 0 saturated carbocycles. The summed E-state index contributed by atoms with van der Waals surface area (Å²) in [6.45, 7) is 4.21. The number of carbonyl (C=O) groups is 3. The Kier molecular flexibility index (Phi) is 7.57. The molecule has 12 heteroatoms. The van der Waals surface area contributed by atoms with Crippen LogP contribution in [0.4, 0.5) is 0 Å². The van der Waals surface area contributed by atoms with E-state index in [9.17, 15) is 24.7 Å². The van der Waals surface area contributed by atoms with Crippen LogP contribution in [0, 0.1) is 5.21 Å². The molecule has 1 saturated heterocycles. The fourth-order valence-electron chi connectivity index (χ4n) is 3.47. The van der Waals surface area contributed by atoms with Crippen LogP contribution in [0.3, 0.4) is 0 Å². The number of amides is 2. The first-order chi connectivity index (χ1) is 15.4. The molecule has 1 aromatic carbocycles. The predicted octanol–water partition coefficient (Wildman–Crippen LogP) is 1.12. The van der Waals surface area contributed by atoms with Crippen molar-refractivity contribution in [2.24, 2.45) is 5.28 Å². The van der Waals surface area contributed by atoms with Gasteiger partial charge in [0.05, 0.1) is 24.5 Å². The summed E-state index contributed by atoms with van der Waals surface area (Å²) in [5.41, 5.74) is 0.956. The molecule has 2 N–H and O–H groups in total. The number of rotatable bonds is 10. The highest BCUT2D eigenvalue weighted by atomic mass is 32.2. The number of aliphatic carboxylic acids is 1. The first-order valence-electron chi connectivity index (χ1n) is 10.2. The summed E-state index contributed by atoms with van der Waals surface area (Å²) in [6.07, 6.45) is 0.127. The second kappa shape index (κ2) is 10.4. The zero-order valence-corrected chi connectivity index (χ0v) is 18.6. The van der Waals surface area contributed by atoms with Crippen LogP contribution in [-0.4, -0.2) is 74.6 Å². The number of carbonyl (C=O) groups excluding carboxylic acids is 2. The minimum atomic E-state index is -1.28. The van der Waals surface area contributed by atoms with E-state index in [1.807, 2.05) is 30.3 Å². The lowest BCUT2D eigenvalue weighted by atomic mass is 10.0. The summed E-state index contributed by atoms with van der Waals surface area (Å²) < 4.78 is 0. The van der Waals surface area contributed by atoms with E-state index in [2.05, 4.69) is 10.6 Å². The smallest absolute Gasteiger partial charge is 0.352 e. The SMILES string of the molecule is CCN(CC)/[N+]([O-])=N/OCC1=C(C(=O)O)N2C(=O)[C@@H](NC(=O)Cc3ccccc3)[C@H]2SC1. The fraction of sp³-hybridized carbons (Fsp3) is 0.450. The molecule has 2 aliphatic heterocycles. The molecule has 32 heavy (non-hydrogen) atoms. The Hall–Kier alpha value is -3.28. The lowest BCUT2D eigenvalue weighted by molar-refractivity contribution is -0.709. The van der Waals surface area contributed by atoms with Gasteiger partial charge in [-0.15, -0.1) is 16.8 Å². The average molecular weight is 464 g/mol. The first kappa shape index (κ1) is 23.4. The summed E-state index contributed by atoms with van der Waals surface area (Å²) in [4.78, 5) is 43.4. The van der Waals surface area contributed by atoms with Gasteiger partial charge in [0.25, 0.3) is 5.91 Å². The Balaban J connectivity index is 1.65. The van der Waals surface area contributed by atoms with E-state index in [1.165, 1.54) is 16.8 Å². The molecule has 11 nitrogen and oxygen atoms in total. The van der Waals surface area contributed by atoms with Crippen molar-refractivity contribution in [3.63, 3.8) is 0 Å². The van der Waals surface area contributed by atoms with Crippen LogP contribution in [0.15, 0.2) is 46.9 Å². The third kappa shape index (κ3) is 4.96. The lowest BCUT2D eigenvalue weighted by Crippen LogP contribution is -2.70. The zero-order chi connectivity index (χ0) is 23.3. The Morgan fingerprint density at radius 1 is 1.34 bits per heavy atom. The third-order valence-electron chi connectivity index (χ3n) is 5.11. The molecule has 1 aromatic rings. The molecule has 2 atom stereocenters. The summed E-state index contributed by atoms with van der Waals surface area (Å²) in [5.74, 6) is -1.82. The molecule has 0 unspecified atom stereocenters. The Labute approximate surface area is 189 Å². The van der Waals surface area contributed by atoms with Crippen LogP contribution in [0.5, 0.6) is 0 Å². The van der Waals surface area contributed by atoms with Gasteiger partial charge >= 0.3 is 5.97 Å². The minimum Gasteiger partial charge on any atom is -0.569 e. The van der Waals surface area contributed by atoms with Gasteiger partial charge in [0, 0.05) is 11.3 Å². The molecule has 2 heterocycles. The molecule has 2 aliphatic rings. The van der Waals surface area contributed by atoms with Crippen molar-refractivity contribution in [1.82, 2.24) is 15.2 Å². The summed E-state index contributed by atoms with van der Waals surface area (Å²) in [6, 6.07) is 8.33. The van der Waals surface area contributed by atoms with Gasteiger partial charge in [-0.1, -0.05) is 30.3 Å². The van der Waals surface area contributed by atoms with Crippen LogP contribution in [0.2, 0.25) is 0 Å². The molecule has 172 valence electrons. The van der Waals surface area contributed by atoms with Crippen molar-refractivity contribution in [2.75, 3.05) is 25.4 Å². The van der Waals surface area contributed by atoms with E-state index in [-0.39, 0.29) is 30.4 Å². The van der Waals surface area contributed by atoms with E-state index in [0.717, 1.165) is 10.5 Å². The maximum atomic E-state index is 12.7. The Morgan fingerprint density at radius 3 is 2.66 bits per heavy atom. The number of carboxylic acids is 1. The monoisotopic (exact) mass is 463 g/mol. The molecule has 1 fully saturated rings. The van der Waals surface area contributed by atoms with Crippen molar-refractivity contribution in [3.05, 3.63) is 52.4 Å². The second-order valence-electron chi connectivity index (χ2n) is 7.12. The number of nitrogens with zero attached hydrogens (tertiary/aromatic N) is 4. The number of hydrogen-bond acceptors (Lipinski definition) is 7. The number of carboxylic acid groups (broad SMARTS) is 1. The van der Waals surface area contributed by atoms with Crippen LogP contribution in [0.1, 0.15) is 19.4 Å². The molecule has 3 rings (SSSR count). The average Bonchev–Trinajstić information content (AvgIpc) is 2.78. The lowest BCUT2D eigenvalue weighted by Gasteiger charge is -2.49. The topological polar surface area (TPSA) is 138 Å². The number of β-lactam (4-membered cyclic amide) rings is 1. The van der Waals surface area contributed by atoms with Gasteiger partial charge in [-0.25, -0.2) is 4.79 Å². The maximum absolute atomic E-state index is 12.7. The standard InChI is InChI=1S/C20H25N5O6S/c1-3-23(4-2)25(30)22-31-11-14-12-32-19-16(18(27)24(19)17(14)20(28)29)21-15(26)10-13-8-6-5-7-9-13/h5-9,16,19H,3-4,10-12H2,1-2H3,(H,21,26)(H,28,29)/b25-22-/t16-,19-/m1/s1. The van der Waals surface area contributed by atoms with Gasteiger partial charge in [-0.3, -0.25) is 14.5 Å². The van der Waals surface area contributed by atoms with Crippen molar-refractivity contribution >= 4 is 29.5 Å². The molecular formula is C20H25N5O6S. The van der Waals surface area contributed by atoms with E-state index >= 15 is 0 Å². The van der Waals surface area contributed by atoms with Crippen LogP contribution in [-0.2, 0) is 25.6 Å². The predicted molar refractivity (Wildman–Crippen MR) is 115 cm³/mol. The van der Waals surface area contributed by atoms with Crippen molar-refractivity contribution in [1.29, 1.82) is 0 Å². The molecule has 0 aromatic heterocycles. The molecule has 0 aliphatic carbocycles. The molecule has 0 radical (unpaired) electrons. The van der Waals surface area contributed by atoms with E-state index in [4.69, 9.17) is 4.84 Å². The van der Waals surface area contributed by atoms with Gasteiger partial charge in [-0.2, -0.15) is 0 Å². The first-order valence-corrected chi connectivity index (χ1v) is 11.2. The van der Waals surface area contributed by atoms with E-state index in [0.29, 0.717) is 23.6 Å². The molecular weight excluding hydrogens is 438 g/mol. The van der Waals surface area contributed by atoms with E-state index < -0.39 is 23.3 Å². The number of hydrazine groups is 1. The van der Waals surface area contributed by atoms with Crippen LogP contribution in [0.25, 0.3) is 0 Å². The zero-order valence-electron chi connectivity index (χ0n) is 17.8. The van der Waals surface area contributed by atoms with Crippen molar-refractivity contribution < 1.29 is 29.3 Å². The van der Waals surface area contributed by atoms with Gasteiger partial charge in [0.1, 0.15) is 23.7 Å². The normalized spacial score (nSPS) is 20.4. The largest absolute Gasteiger partial charge is 0.569 e. The van der Waals surface area contributed by atoms with Gasteiger partial charge in [-0.05, 0) is 19.4 Å². The van der Waals surface area contributed by atoms with Crippen LogP contribution < -0.4 is 5.32 Å². The van der Waals surface area contributed by atoms with Crippen molar-refractivity contribution in [3.8, 4) is 0 Å². The minimum absolute atomic E-state index is 0.127. The van der Waals surface area contributed by atoms with Crippen LogP contribution >= 0.6 is 11.8 Å². The summed E-state index contributed by atoms with van der Waals surface area (Å²) in [7, 11) is 0. The fourth-order valence-corrected chi connectivity index (χ4v) is 4.80. The number of thioether (sulfide) groups is 1. The van der Waals surface area contributed by atoms with Gasteiger partial charge < -0.3 is 20.5 Å². The Morgan fingerprint density at radius 2 is 2.03 bits per heavy atom. The third-order valence-corrected chi connectivity index (χ3v) is 6.45. The summed E-state index contributed by atoms with van der Waals surface area (Å²) in [5, 5.41) is 28.5. The molecule has 0 bridgehead atoms. The highest BCUT2D eigenvalue weighted by molar-refractivity contribution is 8.00. The number of hydrogen-bond donors (Lipinski definition) is 2. The van der Waals surface area contributed by atoms with Crippen molar-refractivity contribution in [2.45, 2.75) is 31.7 Å². The quantitative estimate of drug-likeness (QED) is 0.228. The Bertz CT molecular complexity index is 934. The highest BCUT2D eigenvalue weighted by Crippen LogP contribution is 2.40. The van der Waals surface area contributed by atoms with E-state index in [1.54, 1.807) is 13.8 Å². The number of nitrogens with one attached hydrogen (secondary N) is 1. The number of benzene rings is 1. The number of fused-ring (bicyclic) bond motifs is 1. The van der Waals surface area contributed by atoms with Gasteiger partial charge in [0.15, 0.2) is 0 Å². The summed E-state index contributed by atoms with van der Waals surface area (Å²) >= 11 is 1.32. The molecule has 2 amide bonds.